The van der Waals surface area contributed by atoms with Crippen LogP contribution in [0.5, 0.6) is 0 Å². The molecule has 162 valence electrons. The second kappa shape index (κ2) is 7.51. The van der Waals surface area contributed by atoms with E-state index in [0.717, 1.165) is 0 Å². The molecule has 10 heteroatoms. The first-order chi connectivity index (χ1) is 14.3. The number of fused-ring (bicyclic) bond motifs is 1. The molecule has 0 spiro atoms. The number of ether oxygens (including phenoxy) is 1. The number of carbonyl (C=O) groups excluding carboxylic acids is 3. The summed E-state index contributed by atoms with van der Waals surface area (Å²) in [5, 5.41) is 15.0. The van der Waals surface area contributed by atoms with Crippen molar-refractivity contribution in [1.29, 1.82) is 0 Å². The molecule has 4 atom stereocenters. The van der Waals surface area contributed by atoms with Crippen LogP contribution in [0.15, 0.2) is 18.2 Å². The minimum absolute atomic E-state index is 0.0318. The Labute approximate surface area is 173 Å². The van der Waals surface area contributed by atoms with Crippen molar-refractivity contribution in [1.82, 2.24) is 10.6 Å². The molecule has 1 aromatic rings. The van der Waals surface area contributed by atoms with Crippen LogP contribution in [-0.4, -0.2) is 74.4 Å². The number of amides is 2. The van der Waals surface area contributed by atoms with Crippen molar-refractivity contribution in [3.63, 3.8) is 0 Å². The van der Waals surface area contributed by atoms with Gasteiger partial charge in [0.05, 0.1) is 30.0 Å². The lowest BCUT2D eigenvalue weighted by atomic mass is 10.1. The third kappa shape index (κ3) is 3.29. The predicted octanol–water partition coefficient (Wildman–Crippen LogP) is -0.127. The van der Waals surface area contributed by atoms with Crippen LogP contribution < -0.4 is 20.4 Å². The van der Waals surface area contributed by atoms with Gasteiger partial charge >= 0.3 is 6.09 Å². The molecular formula is C20H25FN4O5. The molecule has 30 heavy (non-hydrogen) atoms. The van der Waals surface area contributed by atoms with Gasteiger partial charge in [0.2, 0.25) is 5.91 Å². The summed E-state index contributed by atoms with van der Waals surface area (Å²) in [7, 11) is 1.77. The van der Waals surface area contributed by atoms with E-state index in [-0.39, 0.29) is 36.6 Å². The number of halogens is 1. The number of aliphatic hydroxyl groups is 1. The zero-order valence-corrected chi connectivity index (χ0v) is 16.9. The average Bonchev–Trinajstić information content (AvgIpc) is 2.99. The first-order valence-electron chi connectivity index (χ1n) is 9.90. The number of nitrogens with zero attached hydrogens (tertiary/aromatic N) is 2. The monoisotopic (exact) mass is 420 g/mol. The lowest BCUT2D eigenvalue weighted by molar-refractivity contribution is -0.123. The SMILES string of the molecule is CN[C@]12CN(c3ccc(N4C[C@H](CNC(C)=O)OC4=O)cc3F)C[C@H]1[C@@H]2C(=O)CO. The molecule has 0 bridgehead atoms. The predicted molar refractivity (Wildman–Crippen MR) is 106 cm³/mol. The van der Waals surface area contributed by atoms with Crippen LogP contribution in [0.2, 0.25) is 0 Å². The van der Waals surface area contributed by atoms with E-state index in [9.17, 15) is 18.8 Å². The normalized spacial score (nSPS) is 29.6. The van der Waals surface area contributed by atoms with E-state index in [1.54, 1.807) is 19.2 Å². The van der Waals surface area contributed by atoms with Crippen LogP contribution in [0.3, 0.4) is 0 Å². The lowest BCUT2D eigenvalue weighted by Gasteiger charge is -2.26. The molecular weight excluding hydrogens is 395 g/mol. The van der Waals surface area contributed by atoms with Crippen molar-refractivity contribution in [3.8, 4) is 0 Å². The average molecular weight is 420 g/mol. The van der Waals surface area contributed by atoms with Gasteiger partial charge in [-0.3, -0.25) is 14.5 Å². The van der Waals surface area contributed by atoms with Gasteiger partial charge in [-0.1, -0.05) is 0 Å². The number of rotatable bonds is 7. The summed E-state index contributed by atoms with van der Waals surface area (Å²) >= 11 is 0. The molecule has 0 radical (unpaired) electrons. The highest BCUT2D eigenvalue weighted by Gasteiger charge is 2.71. The van der Waals surface area contributed by atoms with Crippen LogP contribution in [0.4, 0.5) is 20.6 Å². The largest absolute Gasteiger partial charge is 0.442 e. The van der Waals surface area contributed by atoms with Crippen molar-refractivity contribution < 1.29 is 28.6 Å². The van der Waals surface area contributed by atoms with Crippen LogP contribution in [-0.2, 0) is 14.3 Å². The van der Waals surface area contributed by atoms with Crippen molar-refractivity contribution >= 4 is 29.2 Å². The molecule has 3 fully saturated rings. The molecule has 1 aromatic carbocycles. The molecule has 3 aliphatic rings. The highest BCUT2D eigenvalue weighted by Crippen LogP contribution is 2.56. The van der Waals surface area contributed by atoms with Crippen LogP contribution in [0.25, 0.3) is 0 Å². The minimum atomic E-state index is -0.584. The molecule has 2 heterocycles. The topological polar surface area (TPSA) is 111 Å². The van der Waals surface area contributed by atoms with E-state index in [2.05, 4.69) is 10.6 Å². The van der Waals surface area contributed by atoms with E-state index in [0.29, 0.717) is 24.5 Å². The Morgan fingerprint density at radius 2 is 2.13 bits per heavy atom. The summed E-state index contributed by atoms with van der Waals surface area (Å²) in [5.74, 6) is -1.09. The second-order valence-corrected chi connectivity index (χ2v) is 8.07. The highest BCUT2D eigenvalue weighted by molar-refractivity contribution is 5.90. The fourth-order valence-electron chi connectivity index (χ4n) is 4.85. The third-order valence-corrected chi connectivity index (χ3v) is 6.38. The standard InChI is InChI=1S/C20H25FN4O5/c1-11(27)23-6-13-7-25(19(29)30-13)12-3-4-16(15(21)5-12)24-8-14-18(17(28)9-26)20(14,10-24)22-2/h3-5,13-14,18,22,26H,6-10H2,1-2H3,(H,23,27)/t13-,14-,18+,20+/m0/s1. The van der Waals surface area contributed by atoms with Gasteiger partial charge in [-0.25, -0.2) is 9.18 Å². The number of hydrogen-bond acceptors (Lipinski definition) is 7. The Kier molecular flexibility index (Phi) is 5.15. The fourth-order valence-corrected chi connectivity index (χ4v) is 4.85. The summed E-state index contributed by atoms with van der Waals surface area (Å²) in [4.78, 5) is 38.3. The number of benzene rings is 1. The van der Waals surface area contributed by atoms with Crippen molar-refractivity contribution in [2.24, 2.45) is 11.8 Å². The van der Waals surface area contributed by atoms with Crippen LogP contribution in [0, 0.1) is 17.7 Å². The third-order valence-electron chi connectivity index (χ3n) is 6.38. The van der Waals surface area contributed by atoms with E-state index in [1.165, 1.54) is 17.9 Å². The number of nitrogens with one attached hydrogen (secondary N) is 2. The van der Waals surface area contributed by atoms with Gasteiger partial charge in [0, 0.05) is 31.8 Å². The number of piperidine rings is 1. The fraction of sp³-hybridized carbons (Fsp3) is 0.550. The Bertz CT molecular complexity index is 896. The molecule has 1 aliphatic carbocycles. The quantitative estimate of drug-likeness (QED) is 0.564. The summed E-state index contributed by atoms with van der Waals surface area (Å²) in [6.07, 6.45) is -1.08. The minimum Gasteiger partial charge on any atom is -0.442 e. The number of Topliss-reactive ketones (excluding diaryl/α,β-unsaturated/α-hetero) is 1. The van der Waals surface area contributed by atoms with Gasteiger partial charge in [0.25, 0.3) is 0 Å². The van der Waals surface area contributed by atoms with Gasteiger partial charge in [-0.15, -0.1) is 0 Å². The molecule has 2 aliphatic heterocycles. The Hall–Kier alpha value is -2.72. The first kappa shape index (κ1) is 20.5. The number of likely N-dealkylation sites (N-methyl/N-ethyl adjacent to an activating group) is 1. The lowest BCUT2D eigenvalue weighted by Crippen LogP contribution is -2.41. The van der Waals surface area contributed by atoms with Crippen LogP contribution >= 0.6 is 0 Å². The van der Waals surface area contributed by atoms with Gasteiger partial charge < -0.3 is 25.4 Å². The van der Waals surface area contributed by atoms with Crippen molar-refractivity contribution in [2.75, 3.05) is 49.6 Å². The summed E-state index contributed by atoms with van der Waals surface area (Å²) < 4.78 is 20.1. The molecule has 9 nitrogen and oxygen atoms in total. The number of ketones is 1. The van der Waals surface area contributed by atoms with Crippen molar-refractivity contribution in [3.05, 3.63) is 24.0 Å². The maximum absolute atomic E-state index is 14.9. The number of anilines is 2. The molecule has 3 N–H and O–H groups in total. The molecule has 2 saturated heterocycles. The number of carbonyl (C=O) groups is 3. The summed E-state index contributed by atoms with van der Waals surface area (Å²) in [6.45, 7) is 2.29. The van der Waals surface area contributed by atoms with Gasteiger partial charge in [0.15, 0.2) is 5.78 Å². The van der Waals surface area contributed by atoms with Crippen molar-refractivity contribution in [2.45, 2.75) is 18.6 Å². The van der Waals surface area contributed by atoms with Gasteiger partial charge in [-0.2, -0.15) is 0 Å². The molecule has 0 unspecified atom stereocenters. The number of hydrogen-bond donors (Lipinski definition) is 3. The maximum Gasteiger partial charge on any atom is 0.414 e. The number of aliphatic hydroxyl groups excluding tert-OH is 1. The molecule has 4 rings (SSSR count). The van der Waals surface area contributed by atoms with E-state index >= 15 is 0 Å². The van der Waals surface area contributed by atoms with Gasteiger partial charge in [-0.05, 0) is 25.2 Å². The first-order valence-corrected chi connectivity index (χ1v) is 9.90. The second-order valence-electron chi connectivity index (χ2n) is 8.07. The maximum atomic E-state index is 14.9. The van der Waals surface area contributed by atoms with E-state index in [4.69, 9.17) is 9.84 Å². The summed E-state index contributed by atoms with van der Waals surface area (Å²) in [5.41, 5.74) is 0.353. The molecule has 1 saturated carbocycles. The zero-order chi connectivity index (χ0) is 21.6. The Morgan fingerprint density at radius 3 is 2.73 bits per heavy atom. The molecule has 2 amide bonds. The Morgan fingerprint density at radius 1 is 1.37 bits per heavy atom. The van der Waals surface area contributed by atoms with Crippen LogP contribution in [0.1, 0.15) is 6.92 Å². The Balaban J connectivity index is 1.44. The van der Waals surface area contributed by atoms with E-state index < -0.39 is 30.2 Å². The summed E-state index contributed by atoms with van der Waals surface area (Å²) in [6, 6.07) is 4.58. The van der Waals surface area contributed by atoms with E-state index in [1.807, 2.05) is 4.90 Å². The smallest absolute Gasteiger partial charge is 0.414 e. The van der Waals surface area contributed by atoms with Gasteiger partial charge in [0.1, 0.15) is 18.5 Å². The number of cyclic esters (lactones) is 1. The zero-order valence-electron chi connectivity index (χ0n) is 16.9. The molecule has 0 aromatic heterocycles. The highest BCUT2D eigenvalue weighted by atomic mass is 19.1.